The van der Waals surface area contributed by atoms with E-state index in [2.05, 4.69) is 10.4 Å². The Hall–Kier alpha value is -2.94. The molecular weight excluding hydrogens is 441 g/mol. The van der Waals surface area contributed by atoms with Gasteiger partial charge < -0.3 is 20.3 Å². The zero-order chi connectivity index (χ0) is 25.7. The number of amides is 1. The van der Waals surface area contributed by atoms with Crippen molar-refractivity contribution in [2.45, 2.75) is 72.4 Å². The second kappa shape index (κ2) is 11.0. The monoisotopic (exact) mass is 477 g/mol. The first-order valence-electron chi connectivity index (χ1n) is 11.5. The van der Waals surface area contributed by atoms with Crippen molar-refractivity contribution < 1.29 is 28.9 Å². The molecule has 3 N–H and O–H groups in total. The molecule has 0 aliphatic carbocycles. The Bertz CT molecular complexity index is 997. The van der Waals surface area contributed by atoms with Crippen molar-refractivity contribution in [2.24, 2.45) is 11.3 Å². The van der Waals surface area contributed by atoms with Crippen LogP contribution in [-0.4, -0.2) is 50.1 Å². The SMILES string of the molecule is CCC(C)CC(CC(=O)O)NC(=O)c1cc(OC[C@@](C)(O)C(C)(C)C)n(-c2ccccc2F)n1. The van der Waals surface area contributed by atoms with Crippen molar-refractivity contribution in [1.82, 2.24) is 15.1 Å². The number of hydrogen-bond donors (Lipinski definition) is 3. The third-order valence-corrected chi connectivity index (χ3v) is 6.25. The summed E-state index contributed by atoms with van der Waals surface area (Å²) >= 11 is 0. The largest absolute Gasteiger partial charge is 0.481 e. The van der Waals surface area contributed by atoms with Gasteiger partial charge in [0.1, 0.15) is 23.7 Å². The van der Waals surface area contributed by atoms with E-state index in [9.17, 15) is 24.2 Å². The molecule has 0 spiro atoms. The maximum Gasteiger partial charge on any atom is 0.305 e. The smallest absolute Gasteiger partial charge is 0.305 e. The van der Waals surface area contributed by atoms with Crippen LogP contribution in [0.25, 0.3) is 5.69 Å². The molecule has 188 valence electrons. The highest BCUT2D eigenvalue weighted by atomic mass is 19.1. The molecule has 0 bridgehead atoms. The summed E-state index contributed by atoms with van der Waals surface area (Å²) < 4.78 is 21.5. The number of halogens is 1. The zero-order valence-corrected chi connectivity index (χ0v) is 20.8. The van der Waals surface area contributed by atoms with Crippen LogP contribution in [-0.2, 0) is 4.79 Å². The van der Waals surface area contributed by atoms with Crippen molar-refractivity contribution in [1.29, 1.82) is 0 Å². The summed E-state index contributed by atoms with van der Waals surface area (Å²) in [6.07, 6.45) is 1.13. The van der Waals surface area contributed by atoms with E-state index in [1.807, 2.05) is 34.6 Å². The van der Waals surface area contributed by atoms with Gasteiger partial charge in [0.05, 0.1) is 6.42 Å². The lowest BCUT2D eigenvalue weighted by molar-refractivity contribution is -0.137. The molecule has 0 aliphatic heterocycles. The molecule has 34 heavy (non-hydrogen) atoms. The van der Waals surface area contributed by atoms with E-state index in [-0.39, 0.29) is 36.2 Å². The van der Waals surface area contributed by atoms with Gasteiger partial charge in [0.25, 0.3) is 5.91 Å². The highest BCUT2D eigenvalue weighted by Crippen LogP contribution is 2.31. The Kier molecular flexibility index (Phi) is 8.83. The first-order chi connectivity index (χ1) is 15.7. The maximum atomic E-state index is 14.5. The average Bonchev–Trinajstić information content (AvgIpc) is 3.15. The summed E-state index contributed by atoms with van der Waals surface area (Å²) in [4.78, 5) is 24.3. The molecule has 3 atom stereocenters. The van der Waals surface area contributed by atoms with Crippen molar-refractivity contribution in [3.63, 3.8) is 0 Å². The lowest BCUT2D eigenvalue weighted by Crippen LogP contribution is -2.45. The Morgan fingerprint density at radius 3 is 2.44 bits per heavy atom. The van der Waals surface area contributed by atoms with E-state index in [0.717, 1.165) is 6.42 Å². The van der Waals surface area contributed by atoms with Gasteiger partial charge in [-0.25, -0.2) is 4.39 Å². The highest BCUT2D eigenvalue weighted by Gasteiger charge is 2.36. The number of nitrogens with one attached hydrogen (secondary N) is 1. The van der Waals surface area contributed by atoms with Crippen molar-refractivity contribution >= 4 is 11.9 Å². The number of aromatic nitrogens is 2. The standard InChI is InChI=1S/C25H36FN3O5/c1-7-16(2)12-17(13-22(30)31)27-23(32)19-14-21(34-15-25(6,33)24(3,4)5)29(28-19)20-11-9-8-10-18(20)26/h8-11,14,16-17,33H,7,12-13,15H2,1-6H3,(H,27,32)(H,30,31)/t16?,17?,25-/m1/s1. The molecule has 1 amide bonds. The van der Waals surface area contributed by atoms with E-state index in [0.29, 0.717) is 6.42 Å². The second-order valence-electron chi connectivity index (χ2n) is 10.1. The number of carboxylic acid groups (broad SMARTS) is 1. The molecule has 0 fully saturated rings. The second-order valence-corrected chi connectivity index (χ2v) is 10.1. The number of aliphatic carboxylic acids is 1. The number of carbonyl (C=O) groups is 2. The van der Waals surface area contributed by atoms with Crippen molar-refractivity contribution in [3.05, 3.63) is 41.8 Å². The Morgan fingerprint density at radius 2 is 1.88 bits per heavy atom. The van der Waals surface area contributed by atoms with Crippen LogP contribution in [0.4, 0.5) is 4.39 Å². The predicted octanol–water partition coefficient (Wildman–Crippen LogP) is 4.20. The van der Waals surface area contributed by atoms with Gasteiger partial charge in [-0.3, -0.25) is 9.59 Å². The number of hydrogen-bond acceptors (Lipinski definition) is 5. The molecule has 9 heteroatoms. The number of carbonyl (C=O) groups excluding carboxylic acids is 1. The lowest BCUT2D eigenvalue weighted by atomic mass is 9.78. The maximum absolute atomic E-state index is 14.5. The van der Waals surface area contributed by atoms with Gasteiger partial charge in [0.15, 0.2) is 5.69 Å². The van der Waals surface area contributed by atoms with Crippen LogP contribution in [0, 0.1) is 17.2 Å². The van der Waals surface area contributed by atoms with Crippen LogP contribution in [0.3, 0.4) is 0 Å². The van der Waals surface area contributed by atoms with Crippen LogP contribution >= 0.6 is 0 Å². The van der Waals surface area contributed by atoms with Gasteiger partial charge >= 0.3 is 5.97 Å². The Labute approximate surface area is 200 Å². The Balaban J connectivity index is 2.37. The third kappa shape index (κ3) is 7.03. The predicted molar refractivity (Wildman–Crippen MR) is 127 cm³/mol. The highest BCUT2D eigenvalue weighted by molar-refractivity contribution is 5.93. The van der Waals surface area contributed by atoms with Crippen LogP contribution in [0.1, 0.15) is 71.3 Å². The molecule has 1 heterocycles. The fourth-order valence-electron chi connectivity index (χ4n) is 3.12. The topological polar surface area (TPSA) is 114 Å². The number of benzene rings is 1. The van der Waals surface area contributed by atoms with Crippen LogP contribution in [0.15, 0.2) is 30.3 Å². The van der Waals surface area contributed by atoms with E-state index in [1.54, 1.807) is 13.0 Å². The first kappa shape index (κ1) is 27.3. The summed E-state index contributed by atoms with van der Waals surface area (Å²) in [6, 6.07) is 6.71. The summed E-state index contributed by atoms with van der Waals surface area (Å²) in [6.45, 7) is 11.1. The van der Waals surface area contributed by atoms with Crippen LogP contribution in [0.5, 0.6) is 5.88 Å². The van der Waals surface area contributed by atoms with E-state index >= 15 is 0 Å². The molecular formula is C25H36FN3O5. The molecule has 1 aromatic carbocycles. The van der Waals surface area contributed by atoms with E-state index in [1.165, 1.54) is 28.9 Å². The van der Waals surface area contributed by atoms with Crippen molar-refractivity contribution in [3.8, 4) is 11.6 Å². The normalized spacial score (nSPS) is 15.3. The van der Waals surface area contributed by atoms with E-state index < -0.39 is 34.8 Å². The van der Waals surface area contributed by atoms with E-state index in [4.69, 9.17) is 4.74 Å². The summed E-state index contributed by atoms with van der Waals surface area (Å²) in [7, 11) is 0. The fourth-order valence-corrected chi connectivity index (χ4v) is 3.12. The minimum atomic E-state index is -1.22. The molecule has 0 radical (unpaired) electrons. The molecule has 1 aromatic heterocycles. The quantitative estimate of drug-likeness (QED) is 0.447. The average molecular weight is 478 g/mol. The molecule has 2 rings (SSSR count). The number of ether oxygens (including phenoxy) is 1. The number of nitrogens with zero attached hydrogens (tertiary/aromatic N) is 2. The molecule has 2 aromatic rings. The Morgan fingerprint density at radius 1 is 1.24 bits per heavy atom. The summed E-state index contributed by atoms with van der Waals surface area (Å²) in [5, 5.41) is 27.0. The van der Waals surface area contributed by atoms with Crippen LogP contribution < -0.4 is 10.1 Å². The number of para-hydroxylation sites is 1. The van der Waals surface area contributed by atoms with Gasteiger partial charge in [-0.05, 0) is 36.8 Å². The number of carboxylic acids is 1. The summed E-state index contributed by atoms with van der Waals surface area (Å²) in [5.41, 5.74) is -1.69. The fraction of sp³-hybridized carbons (Fsp3) is 0.560. The van der Waals surface area contributed by atoms with Gasteiger partial charge in [-0.2, -0.15) is 9.78 Å². The minimum Gasteiger partial charge on any atom is -0.481 e. The number of aliphatic hydroxyl groups is 1. The third-order valence-electron chi connectivity index (χ3n) is 6.25. The lowest BCUT2D eigenvalue weighted by Gasteiger charge is -2.36. The van der Waals surface area contributed by atoms with Gasteiger partial charge in [-0.1, -0.05) is 53.2 Å². The van der Waals surface area contributed by atoms with Crippen molar-refractivity contribution in [2.75, 3.05) is 6.61 Å². The molecule has 0 aliphatic rings. The van der Waals surface area contributed by atoms with Gasteiger partial charge in [0.2, 0.25) is 5.88 Å². The number of rotatable bonds is 11. The van der Waals surface area contributed by atoms with Crippen LogP contribution in [0.2, 0.25) is 0 Å². The molecule has 8 nitrogen and oxygen atoms in total. The van der Waals surface area contributed by atoms with Gasteiger partial charge in [-0.15, -0.1) is 0 Å². The first-order valence-corrected chi connectivity index (χ1v) is 11.5. The molecule has 0 saturated carbocycles. The minimum absolute atomic E-state index is 0.0480. The molecule has 2 unspecified atom stereocenters. The summed E-state index contributed by atoms with van der Waals surface area (Å²) in [5.74, 6) is -1.86. The molecule has 0 saturated heterocycles. The zero-order valence-electron chi connectivity index (χ0n) is 20.8. The van der Waals surface area contributed by atoms with Gasteiger partial charge in [0, 0.05) is 12.1 Å².